The number of piperidine rings is 1. The SMILES string of the molecule is CCOc1ccccc1NC(=O)C1CCN(S(=O)(=O)Cc2ccc(Cl)cc2Cl)CC1. The van der Waals surface area contributed by atoms with Crippen LogP contribution in [0.5, 0.6) is 5.75 Å². The minimum atomic E-state index is -3.54. The second kappa shape index (κ2) is 10.0. The van der Waals surface area contributed by atoms with E-state index in [1.165, 1.54) is 10.4 Å². The van der Waals surface area contributed by atoms with Crippen LogP contribution in [0, 0.1) is 5.92 Å². The van der Waals surface area contributed by atoms with Gasteiger partial charge in [-0.25, -0.2) is 12.7 Å². The van der Waals surface area contributed by atoms with Crippen molar-refractivity contribution in [3.63, 3.8) is 0 Å². The van der Waals surface area contributed by atoms with E-state index in [1.54, 1.807) is 24.3 Å². The highest BCUT2D eigenvalue weighted by Crippen LogP contribution is 2.28. The molecule has 0 bridgehead atoms. The smallest absolute Gasteiger partial charge is 0.227 e. The van der Waals surface area contributed by atoms with Crippen molar-refractivity contribution >= 4 is 44.8 Å². The van der Waals surface area contributed by atoms with Gasteiger partial charge >= 0.3 is 0 Å². The number of rotatable bonds is 7. The number of halogens is 2. The number of nitrogens with one attached hydrogen (secondary N) is 1. The number of carbonyl (C=O) groups excluding carboxylic acids is 1. The molecule has 0 aromatic heterocycles. The predicted octanol–water partition coefficient (Wildman–Crippen LogP) is 4.57. The average molecular weight is 471 g/mol. The lowest BCUT2D eigenvalue weighted by molar-refractivity contribution is -0.120. The van der Waals surface area contributed by atoms with Gasteiger partial charge in [-0.1, -0.05) is 41.4 Å². The number of anilines is 1. The Hall–Kier alpha value is -1.80. The van der Waals surface area contributed by atoms with Crippen molar-refractivity contribution in [1.29, 1.82) is 0 Å². The minimum absolute atomic E-state index is 0.125. The van der Waals surface area contributed by atoms with Gasteiger partial charge in [0.15, 0.2) is 0 Å². The van der Waals surface area contributed by atoms with E-state index in [4.69, 9.17) is 27.9 Å². The lowest BCUT2D eigenvalue weighted by Gasteiger charge is -2.30. The number of hydrogen-bond donors (Lipinski definition) is 1. The fraction of sp³-hybridized carbons (Fsp3) is 0.381. The third-order valence-corrected chi connectivity index (χ3v) is 7.43. The second-order valence-corrected chi connectivity index (χ2v) is 9.90. The highest BCUT2D eigenvalue weighted by Gasteiger charge is 2.31. The summed E-state index contributed by atoms with van der Waals surface area (Å²) >= 11 is 12.0. The van der Waals surface area contributed by atoms with Crippen LogP contribution in [0.2, 0.25) is 10.0 Å². The normalized spacial score (nSPS) is 15.7. The van der Waals surface area contributed by atoms with E-state index in [0.717, 1.165) is 0 Å². The van der Waals surface area contributed by atoms with Crippen LogP contribution in [0.15, 0.2) is 42.5 Å². The van der Waals surface area contributed by atoms with Crippen LogP contribution in [-0.4, -0.2) is 38.3 Å². The van der Waals surface area contributed by atoms with Crippen molar-refractivity contribution in [2.75, 3.05) is 25.0 Å². The summed E-state index contributed by atoms with van der Waals surface area (Å²) in [6.45, 7) is 2.96. The van der Waals surface area contributed by atoms with Crippen LogP contribution in [0.1, 0.15) is 25.3 Å². The van der Waals surface area contributed by atoms with Gasteiger partial charge in [-0.3, -0.25) is 4.79 Å². The fourth-order valence-electron chi connectivity index (χ4n) is 3.41. The quantitative estimate of drug-likeness (QED) is 0.642. The molecule has 0 aliphatic carbocycles. The van der Waals surface area contributed by atoms with Crippen LogP contribution >= 0.6 is 23.2 Å². The molecule has 1 fully saturated rings. The molecule has 1 heterocycles. The van der Waals surface area contributed by atoms with Gasteiger partial charge in [0, 0.05) is 29.1 Å². The first-order valence-electron chi connectivity index (χ1n) is 9.74. The Morgan fingerprint density at radius 3 is 2.53 bits per heavy atom. The van der Waals surface area contributed by atoms with E-state index < -0.39 is 10.0 Å². The molecule has 1 aliphatic rings. The van der Waals surface area contributed by atoms with Crippen LogP contribution in [0.3, 0.4) is 0 Å². The van der Waals surface area contributed by atoms with Gasteiger partial charge in [0.25, 0.3) is 0 Å². The number of amides is 1. The van der Waals surface area contributed by atoms with E-state index in [9.17, 15) is 13.2 Å². The third-order valence-electron chi connectivity index (χ3n) is 5.02. The molecule has 9 heteroatoms. The first-order chi connectivity index (χ1) is 14.3. The van der Waals surface area contributed by atoms with Gasteiger partial charge in [0.1, 0.15) is 5.75 Å². The molecular weight excluding hydrogens is 447 g/mol. The topological polar surface area (TPSA) is 75.7 Å². The maximum Gasteiger partial charge on any atom is 0.227 e. The molecular formula is C21H24Cl2N2O4S. The van der Waals surface area contributed by atoms with Crippen molar-refractivity contribution < 1.29 is 17.9 Å². The Morgan fingerprint density at radius 1 is 1.17 bits per heavy atom. The first-order valence-corrected chi connectivity index (χ1v) is 12.1. The maximum absolute atomic E-state index is 12.8. The summed E-state index contributed by atoms with van der Waals surface area (Å²) in [5.41, 5.74) is 1.13. The van der Waals surface area contributed by atoms with Gasteiger partial charge in [0.05, 0.1) is 18.0 Å². The zero-order valence-electron chi connectivity index (χ0n) is 16.6. The molecule has 0 spiro atoms. The molecule has 1 amide bonds. The van der Waals surface area contributed by atoms with Crippen LogP contribution < -0.4 is 10.1 Å². The van der Waals surface area contributed by atoms with Crippen molar-refractivity contribution in [1.82, 2.24) is 4.31 Å². The Labute approximate surface area is 187 Å². The first kappa shape index (κ1) is 22.9. The number of sulfonamides is 1. The summed E-state index contributed by atoms with van der Waals surface area (Å²) < 4.78 is 32.6. The predicted molar refractivity (Wildman–Crippen MR) is 120 cm³/mol. The molecule has 0 saturated carbocycles. The van der Waals surface area contributed by atoms with Crippen molar-refractivity contribution in [2.24, 2.45) is 5.92 Å². The molecule has 2 aromatic rings. The van der Waals surface area contributed by atoms with Gasteiger partial charge in [-0.15, -0.1) is 0 Å². The molecule has 1 saturated heterocycles. The number of para-hydroxylation sites is 2. The summed E-state index contributed by atoms with van der Waals surface area (Å²) in [5, 5.41) is 3.69. The molecule has 0 atom stereocenters. The minimum Gasteiger partial charge on any atom is -0.492 e. The lowest BCUT2D eigenvalue weighted by atomic mass is 9.97. The third kappa shape index (κ3) is 5.66. The summed E-state index contributed by atoms with van der Waals surface area (Å²) in [6.07, 6.45) is 0.909. The molecule has 2 aromatic carbocycles. The highest BCUT2D eigenvalue weighted by molar-refractivity contribution is 7.88. The maximum atomic E-state index is 12.8. The van der Waals surface area contributed by atoms with E-state index in [0.29, 0.717) is 59.6 Å². The number of benzene rings is 2. The summed E-state index contributed by atoms with van der Waals surface area (Å²) in [7, 11) is -3.54. The molecule has 3 rings (SSSR count). The number of nitrogens with zero attached hydrogens (tertiary/aromatic N) is 1. The molecule has 30 heavy (non-hydrogen) atoms. The summed E-state index contributed by atoms with van der Waals surface area (Å²) in [4.78, 5) is 12.7. The molecule has 1 N–H and O–H groups in total. The largest absolute Gasteiger partial charge is 0.492 e. The van der Waals surface area contributed by atoms with Crippen LogP contribution in [0.25, 0.3) is 0 Å². The van der Waals surface area contributed by atoms with Crippen LogP contribution in [0.4, 0.5) is 5.69 Å². The molecule has 1 aliphatic heterocycles. The van der Waals surface area contributed by atoms with E-state index >= 15 is 0 Å². The van der Waals surface area contributed by atoms with E-state index in [1.807, 2.05) is 19.1 Å². The number of hydrogen-bond acceptors (Lipinski definition) is 4. The summed E-state index contributed by atoms with van der Waals surface area (Å²) in [5.74, 6) is 0.0418. The summed E-state index contributed by atoms with van der Waals surface area (Å²) in [6, 6.07) is 12.0. The Morgan fingerprint density at radius 2 is 1.87 bits per heavy atom. The fourth-order valence-corrected chi connectivity index (χ4v) is 5.56. The van der Waals surface area contributed by atoms with Gasteiger partial charge in [-0.05, 0) is 49.6 Å². The van der Waals surface area contributed by atoms with Crippen LogP contribution in [-0.2, 0) is 20.6 Å². The van der Waals surface area contributed by atoms with Crippen molar-refractivity contribution in [3.05, 3.63) is 58.1 Å². The Bertz CT molecular complexity index is 1010. The average Bonchev–Trinajstić information content (AvgIpc) is 2.72. The molecule has 6 nitrogen and oxygen atoms in total. The van der Waals surface area contributed by atoms with E-state index in [-0.39, 0.29) is 17.6 Å². The highest BCUT2D eigenvalue weighted by atomic mass is 35.5. The van der Waals surface area contributed by atoms with Gasteiger partial charge in [-0.2, -0.15) is 0 Å². The number of carbonyl (C=O) groups is 1. The van der Waals surface area contributed by atoms with Crippen molar-refractivity contribution in [3.8, 4) is 5.75 Å². The lowest BCUT2D eigenvalue weighted by Crippen LogP contribution is -2.41. The van der Waals surface area contributed by atoms with Gasteiger partial charge < -0.3 is 10.1 Å². The standard InChI is InChI=1S/C21H24Cl2N2O4S/c1-2-29-20-6-4-3-5-19(20)24-21(26)15-9-11-25(12-10-15)30(27,28)14-16-7-8-17(22)13-18(16)23/h3-8,13,15H,2,9-12,14H2,1H3,(H,24,26). The molecule has 162 valence electrons. The second-order valence-electron chi connectivity index (χ2n) is 7.08. The zero-order chi connectivity index (χ0) is 21.7. The zero-order valence-corrected chi connectivity index (χ0v) is 18.9. The van der Waals surface area contributed by atoms with E-state index in [2.05, 4.69) is 5.32 Å². The molecule has 0 unspecified atom stereocenters. The number of ether oxygens (including phenoxy) is 1. The van der Waals surface area contributed by atoms with Gasteiger partial charge in [0.2, 0.25) is 15.9 Å². The monoisotopic (exact) mass is 470 g/mol. The van der Waals surface area contributed by atoms with Crippen molar-refractivity contribution in [2.45, 2.75) is 25.5 Å². The Kier molecular flexibility index (Phi) is 7.63. The molecule has 0 radical (unpaired) electrons. The Balaban J connectivity index is 1.59.